The Balaban J connectivity index is 1.76. The largest absolute Gasteiger partial charge is 0.387 e. The van der Waals surface area contributed by atoms with E-state index in [0.717, 1.165) is 18.5 Å². The summed E-state index contributed by atoms with van der Waals surface area (Å²) in [5.41, 5.74) is 1.03. The number of aliphatic hydroxyl groups excluding tert-OH is 1. The van der Waals surface area contributed by atoms with Crippen LogP contribution in [-0.2, 0) is 0 Å². The van der Waals surface area contributed by atoms with Crippen molar-refractivity contribution in [2.75, 3.05) is 26.2 Å². The summed E-state index contributed by atoms with van der Waals surface area (Å²) in [6, 6.07) is 10.3. The maximum Gasteiger partial charge on any atom is 0.0942 e. The summed E-state index contributed by atoms with van der Waals surface area (Å²) < 4.78 is 0. The van der Waals surface area contributed by atoms with Crippen molar-refractivity contribution in [2.24, 2.45) is 0 Å². The summed E-state index contributed by atoms with van der Waals surface area (Å²) in [4.78, 5) is 2.59. The van der Waals surface area contributed by atoms with Crippen molar-refractivity contribution in [3.63, 3.8) is 0 Å². The van der Waals surface area contributed by atoms with Crippen molar-refractivity contribution in [2.45, 2.75) is 70.4 Å². The van der Waals surface area contributed by atoms with Crippen molar-refractivity contribution in [1.29, 1.82) is 0 Å². The van der Waals surface area contributed by atoms with Crippen LogP contribution in [0.1, 0.15) is 70.0 Å². The zero-order valence-electron chi connectivity index (χ0n) is 15.4. The second kappa shape index (κ2) is 11.6. The lowest BCUT2D eigenvalue weighted by Crippen LogP contribution is -2.38. The van der Waals surface area contributed by atoms with Gasteiger partial charge >= 0.3 is 0 Å². The number of piperidine rings is 1. The molecule has 0 spiro atoms. The highest BCUT2D eigenvalue weighted by Crippen LogP contribution is 2.20. The third kappa shape index (κ3) is 6.92. The molecule has 3 heteroatoms. The topological polar surface area (TPSA) is 35.5 Å². The van der Waals surface area contributed by atoms with Gasteiger partial charge in [-0.2, -0.15) is 0 Å². The molecule has 0 unspecified atom stereocenters. The highest BCUT2D eigenvalue weighted by atomic mass is 16.3. The van der Waals surface area contributed by atoms with Crippen molar-refractivity contribution in [3.8, 4) is 0 Å². The van der Waals surface area contributed by atoms with Crippen LogP contribution in [-0.4, -0.2) is 42.2 Å². The Morgan fingerprint density at radius 3 is 2.50 bits per heavy atom. The quantitative estimate of drug-likeness (QED) is 0.598. The molecular formula is C21H36N2O. The molecule has 1 heterocycles. The van der Waals surface area contributed by atoms with Crippen molar-refractivity contribution in [1.82, 2.24) is 10.2 Å². The molecule has 1 aliphatic heterocycles. The minimum atomic E-state index is -0.405. The van der Waals surface area contributed by atoms with E-state index in [4.69, 9.17) is 0 Å². The first-order valence-electron chi connectivity index (χ1n) is 10.00. The minimum absolute atomic E-state index is 0.167. The molecule has 2 N–H and O–H groups in total. The van der Waals surface area contributed by atoms with Gasteiger partial charge in [0.15, 0.2) is 0 Å². The standard InChI is InChI=1S/C21H36N2O/c1-2-3-6-14-20(21(24)19-12-7-4-8-13-19)22-15-11-18-23-16-9-5-10-17-23/h4,7-8,12-13,20-22,24H,2-3,5-6,9-11,14-18H2,1H3/t20-,21+/m0/s1. The van der Waals surface area contributed by atoms with Crippen molar-refractivity contribution < 1.29 is 5.11 Å². The number of benzene rings is 1. The van der Waals surface area contributed by atoms with Gasteiger partial charge in [-0.15, -0.1) is 0 Å². The van der Waals surface area contributed by atoms with Crippen LogP contribution in [0.4, 0.5) is 0 Å². The van der Waals surface area contributed by atoms with E-state index in [1.54, 1.807) is 0 Å². The van der Waals surface area contributed by atoms with Gasteiger partial charge in [-0.3, -0.25) is 0 Å². The molecule has 1 aliphatic rings. The summed E-state index contributed by atoms with van der Waals surface area (Å²) in [5, 5.41) is 14.4. The zero-order valence-corrected chi connectivity index (χ0v) is 15.4. The number of rotatable bonds is 11. The van der Waals surface area contributed by atoms with Gasteiger partial charge in [0.25, 0.3) is 0 Å². The highest BCUT2D eigenvalue weighted by Gasteiger charge is 2.20. The molecule has 3 nitrogen and oxygen atoms in total. The zero-order chi connectivity index (χ0) is 17.0. The van der Waals surface area contributed by atoms with E-state index in [9.17, 15) is 5.11 Å². The third-order valence-electron chi connectivity index (χ3n) is 5.15. The third-order valence-corrected chi connectivity index (χ3v) is 5.15. The van der Waals surface area contributed by atoms with Crippen LogP contribution in [0.2, 0.25) is 0 Å². The van der Waals surface area contributed by atoms with E-state index in [1.807, 2.05) is 30.3 Å². The Hall–Kier alpha value is -0.900. The first kappa shape index (κ1) is 19.4. The van der Waals surface area contributed by atoms with E-state index in [1.165, 1.54) is 64.6 Å². The summed E-state index contributed by atoms with van der Waals surface area (Å²) in [5.74, 6) is 0. The number of hydrogen-bond acceptors (Lipinski definition) is 3. The maximum absolute atomic E-state index is 10.8. The molecule has 0 radical (unpaired) electrons. The normalized spacial score (nSPS) is 18.4. The molecule has 0 saturated carbocycles. The fourth-order valence-electron chi connectivity index (χ4n) is 3.64. The van der Waals surface area contributed by atoms with E-state index >= 15 is 0 Å². The lowest BCUT2D eigenvalue weighted by Gasteiger charge is -2.28. The van der Waals surface area contributed by atoms with Crippen LogP contribution in [0.25, 0.3) is 0 Å². The molecule has 0 aliphatic carbocycles. The summed E-state index contributed by atoms with van der Waals surface area (Å²) >= 11 is 0. The average Bonchev–Trinajstić information content (AvgIpc) is 2.65. The van der Waals surface area contributed by atoms with Gasteiger partial charge in [0.1, 0.15) is 0 Å². The number of aliphatic hydroxyl groups is 1. The molecule has 2 atom stereocenters. The van der Waals surface area contributed by atoms with Crippen LogP contribution in [0.3, 0.4) is 0 Å². The van der Waals surface area contributed by atoms with E-state index in [2.05, 4.69) is 17.1 Å². The fraction of sp³-hybridized carbons (Fsp3) is 0.714. The molecule has 0 amide bonds. The van der Waals surface area contributed by atoms with Crippen molar-refractivity contribution >= 4 is 0 Å². The smallest absolute Gasteiger partial charge is 0.0942 e. The predicted octanol–water partition coefficient (Wildman–Crippen LogP) is 4.13. The number of likely N-dealkylation sites (tertiary alicyclic amines) is 1. The summed E-state index contributed by atoms with van der Waals surface area (Å²) in [7, 11) is 0. The van der Waals surface area contributed by atoms with Crippen LogP contribution < -0.4 is 5.32 Å². The van der Waals surface area contributed by atoms with Gasteiger partial charge in [0.05, 0.1) is 6.10 Å². The SMILES string of the molecule is CCCCC[C@H](NCCCN1CCCCC1)[C@H](O)c1ccccc1. The Kier molecular flexibility index (Phi) is 9.40. The van der Waals surface area contributed by atoms with Gasteiger partial charge in [-0.05, 0) is 57.4 Å². The van der Waals surface area contributed by atoms with Crippen LogP contribution >= 0.6 is 0 Å². The first-order chi connectivity index (χ1) is 11.8. The number of hydrogen-bond donors (Lipinski definition) is 2. The summed E-state index contributed by atoms with van der Waals surface area (Å²) in [6.45, 7) is 6.96. The van der Waals surface area contributed by atoms with E-state index in [0.29, 0.717) is 0 Å². The molecule has 1 aromatic carbocycles. The Labute approximate surface area is 148 Å². The Morgan fingerprint density at radius 1 is 1.04 bits per heavy atom. The van der Waals surface area contributed by atoms with Gasteiger partial charge in [0.2, 0.25) is 0 Å². The minimum Gasteiger partial charge on any atom is -0.387 e. The van der Waals surface area contributed by atoms with Crippen LogP contribution in [0.5, 0.6) is 0 Å². The lowest BCUT2D eigenvalue weighted by atomic mass is 9.97. The molecule has 0 aromatic heterocycles. The Morgan fingerprint density at radius 2 is 1.79 bits per heavy atom. The highest BCUT2D eigenvalue weighted by molar-refractivity contribution is 5.18. The summed E-state index contributed by atoms with van der Waals surface area (Å²) in [6.07, 6.45) is 9.59. The van der Waals surface area contributed by atoms with Crippen LogP contribution in [0.15, 0.2) is 30.3 Å². The van der Waals surface area contributed by atoms with Crippen LogP contribution in [0, 0.1) is 0 Å². The first-order valence-corrected chi connectivity index (χ1v) is 10.00. The number of nitrogens with one attached hydrogen (secondary N) is 1. The lowest BCUT2D eigenvalue weighted by molar-refractivity contribution is 0.121. The molecule has 24 heavy (non-hydrogen) atoms. The molecule has 0 bridgehead atoms. The molecule has 136 valence electrons. The fourth-order valence-corrected chi connectivity index (χ4v) is 3.64. The van der Waals surface area contributed by atoms with E-state index in [-0.39, 0.29) is 6.04 Å². The average molecular weight is 333 g/mol. The Bertz CT molecular complexity index is 417. The maximum atomic E-state index is 10.8. The van der Waals surface area contributed by atoms with Gasteiger partial charge in [0, 0.05) is 6.04 Å². The van der Waals surface area contributed by atoms with Crippen molar-refractivity contribution in [3.05, 3.63) is 35.9 Å². The monoisotopic (exact) mass is 332 g/mol. The number of nitrogens with zero attached hydrogens (tertiary/aromatic N) is 1. The predicted molar refractivity (Wildman–Crippen MR) is 102 cm³/mol. The molecular weight excluding hydrogens is 296 g/mol. The molecule has 1 saturated heterocycles. The molecule has 2 rings (SSSR count). The van der Waals surface area contributed by atoms with Gasteiger partial charge < -0.3 is 15.3 Å². The second-order valence-electron chi connectivity index (χ2n) is 7.17. The molecule has 1 fully saturated rings. The molecule has 1 aromatic rings. The number of unbranched alkanes of at least 4 members (excludes halogenated alkanes) is 2. The second-order valence-corrected chi connectivity index (χ2v) is 7.17. The van der Waals surface area contributed by atoms with E-state index < -0.39 is 6.10 Å². The van der Waals surface area contributed by atoms with Gasteiger partial charge in [-0.25, -0.2) is 0 Å². The van der Waals surface area contributed by atoms with Gasteiger partial charge in [-0.1, -0.05) is 62.9 Å².